The highest BCUT2D eigenvalue weighted by molar-refractivity contribution is 5.34. The third-order valence-electron chi connectivity index (χ3n) is 4.12. The van der Waals surface area contributed by atoms with Gasteiger partial charge in [-0.3, -0.25) is 0 Å². The minimum Gasteiger partial charge on any atom is -0.396 e. The van der Waals surface area contributed by atoms with Crippen LogP contribution in [0.2, 0.25) is 0 Å². The molecule has 0 radical (unpaired) electrons. The predicted octanol–water partition coefficient (Wildman–Crippen LogP) is 6.23. The maximum Gasteiger partial charge on any atom is 0.0436 e. The van der Waals surface area contributed by atoms with E-state index in [-0.39, 0.29) is 6.61 Å². The minimum atomic E-state index is 0.263. The molecule has 0 saturated carbocycles. The highest BCUT2D eigenvalue weighted by Gasteiger charge is 2.14. The molecule has 2 unspecified atom stereocenters. The van der Waals surface area contributed by atoms with E-state index in [9.17, 15) is 0 Å². The second-order valence-corrected chi connectivity index (χ2v) is 6.15. The third kappa shape index (κ3) is 8.38. The van der Waals surface area contributed by atoms with Crippen molar-refractivity contribution < 1.29 is 5.11 Å². The zero-order chi connectivity index (χ0) is 17.0. The molecule has 2 atom stereocenters. The molecule has 1 aliphatic carbocycles. The van der Waals surface area contributed by atoms with Gasteiger partial charge in [0.15, 0.2) is 0 Å². The molecule has 0 amide bonds. The summed E-state index contributed by atoms with van der Waals surface area (Å²) in [5.41, 5.74) is 4.36. The summed E-state index contributed by atoms with van der Waals surface area (Å²) in [5.74, 6) is 1.14. The molecule has 0 aromatic carbocycles. The molecule has 0 saturated heterocycles. The van der Waals surface area contributed by atoms with Gasteiger partial charge in [0, 0.05) is 6.61 Å². The molecule has 1 nitrogen and oxygen atoms in total. The van der Waals surface area contributed by atoms with Gasteiger partial charge in [-0.25, -0.2) is 0 Å². The molecule has 1 rings (SSSR count). The first-order valence-electron chi connectivity index (χ1n) is 8.88. The first kappa shape index (κ1) is 20.9. The van der Waals surface area contributed by atoms with Crippen LogP contribution < -0.4 is 0 Å². The Labute approximate surface area is 138 Å². The van der Waals surface area contributed by atoms with Crippen LogP contribution in [0.3, 0.4) is 0 Å². The average Bonchev–Trinajstić information content (AvgIpc) is 2.49. The van der Waals surface area contributed by atoms with Crippen LogP contribution in [-0.4, -0.2) is 11.7 Å². The van der Waals surface area contributed by atoms with Crippen molar-refractivity contribution >= 4 is 0 Å². The third-order valence-corrected chi connectivity index (χ3v) is 4.12. The van der Waals surface area contributed by atoms with Gasteiger partial charge in [0.05, 0.1) is 0 Å². The molecule has 1 heteroatoms. The van der Waals surface area contributed by atoms with Gasteiger partial charge in [-0.05, 0) is 56.9 Å². The van der Waals surface area contributed by atoms with Gasteiger partial charge >= 0.3 is 0 Å². The molecule has 0 fully saturated rings. The fourth-order valence-corrected chi connectivity index (χ4v) is 2.67. The number of rotatable bonds is 6. The Balaban J connectivity index is 0.00000211. The Kier molecular flexibility index (Phi) is 11.9. The van der Waals surface area contributed by atoms with Crippen LogP contribution >= 0.6 is 0 Å². The van der Waals surface area contributed by atoms with Crippen LogP contribution in [0.15, 0.2) is 47.1 Å². The first-order valence-corrected chi connectivity index (χ1v) is 8.88. The Morgan fingerprint density at radius 1 is 1.36 bits per heavy atom. The molecule has 0 bridgehead atoms. The topological polar surface area (TPSA) is 20.2 Å². The number of aliphatic hydroxyl groups excluding tert-OH is 1. The van der Waals surface area contributed by atoms with E-state index in [1.54, 1.807) is 5.57 Å². The Hall–Kier alpha value is -1.08. The number of allylic oxidation sites excluding steroid dienone is 8. The SMILES string of the molecule is CC.CC1=C(/C=C/C(C)=C\C=C\C(C)CCO)C(C)CCC1. The van der Waals surface area contributed by atoms with Crippen LogP contribution in [0, 0.1) is 11.8 Å². The van der Waals surface area contributed by atoms with E-state index < -0.39 is 0 Å². The van der Waals surface area contributed by atoms with E-state index in [4.69, 9.17) is 5.11 Å². The summed E-state index contributed by atoms with van der Waals surface area (Å²) in [6, 6.07) is 0. The van der Waals surface area contributed by atoms with Crippen molar-refractivity contribution in [3.05, 3.63) is 47.1 Å². The van der Waals surface area contributed by atoms with Gasteiger partial charge in [-0.1, -0.05) is 69.2 Å². The van der Waals surface area contributed by atoms with Crippen molar-refractivity contribution in [1.82, 2.24) is 0 Å². The van der Waals surface area contributed by atoms with Crippen LogP contribution in [0.4, 0.5) is 0 Å². The maximum atomic E-state index is 8.86. The second kappa shape index (κ2) is 12.5. The number of aliphatic hydroxyl groups is 1. The van der Waals surface area contributed by atoms with Gasteiger partial charge in [0.25, 0.3) is 0 Å². The largest absolute Gasteiger partial charge is 0.396 e. The minimum absolute atomic E-state index is 0.263. The summed E-state index contributed by atoms with van der Waals surface area (Å²) in [7, 11) is 0. The molecule has 126 valence electrons. The van der Waals surface area contributed by atoms with Crippen molar-refractivity contribution in [2.75, 3.05) is 6.61 Å². The Morgan fingerprint density at radius 3 is 2.64 bits per heavy atom. The van der Waals surface area contributed by atoms with E-state index >= 15 is 0 Å². The summed E-state index contributed by atoms with van der Waals surface area (Å²) in [5, 5.41) is 8.86. The highest BCUT2D eigenvalue weighted by atomic mass is 16.3. The van der Waals surface area contributed by atoms with Crippen molar-refractivity contribution in [2.45, 2.75) is 67.2 Å². The van der Waals surface area contributed by atoms with Gasteiger partial charge in [-0.15, -0.1) is 0 Å². The van der Waals surface area contributed by atoms with Crippen molar-refractivity contribution in [3.8, 4) is 0 Å². The molecule has 0 heterocycles. The van der Waals surface area contributed by atoms with Gasteiger partial charge in [0.2, 0.25) is 0 Å². The van der Waals surface area contributed by atoms with Crippen molar-refractivity contribution in [1.29, 1.82) is 0 Å². The predicted molar refractivity (Wildman–Crippen MR) is 100.0 cm³/mol. The van der Waals surface area contributed by atoms with E-state index in [1.807, 2.05) is 13.8 Å². The monoisotopic (exact) mass is 304 g/mol. The number of hydrogen-bond donors (Lipinski definition) is 1. The number of hydrogen-bond acceptors (Lipinski definition) is 1. The van der Waals surface area contributed by atoms with Crippen molar-refractivity contribution in [2.24, 2.45) is 11.8 Å². The lowest BCUT2D eigenvalue weighted by atomic mass is 9.84. The maximum absolute atomic E-state index is 8.86. The molecular formula is C21H36O. The molecule has 0 aromatic heterocycles. The van der Waals surface area contributed by atoms with Gasteiger partial charge < -0.3 is 5.11 Å². The van der Waals surface area contributed by atoms with Crippen LogP contribution in [-0.2, 0) is 0 Å². The summed E-state index contributed by atoms with van der Waals surface area (Å²) < 4.78 is 0. The lowest BCUT2D eigenvalue weighted by Crippen LogP contribution is -2.06. The molecule has 1 N–H and O–H groups in total. The zero-order valence-corrected chi connectivity index (χ0v) is 15.5. The molecule has 1 aliphatic rings. The quantitative estimate of drug-likeness (QED) is 0.577. The second-order valence-electron chi connectivity index (χ2n) is 6.15. The van der Waals surface area contributed by atoms with Crippen molar-refractivity contribution in [3.63, 3.8) is 0 Å². The van der Waals surface area contributed by atoms with E-state index in [0.29, 0.717) is 11.8 Å². The van der Waals surface area contributed by atoms with E-state index in [0.717, 1.165) is 6.42 Å². The summed E-state index contributed by atoms with van der Waals surface area (Å²) in [6.07, 6.45) is 15.7. The zero-order valence-electron chi connectivity index (χ0n) is 15.5. The van der Waals surface area contributed by atoms with Crippen LogP contribution in [0.5, 0.6) is 0 Å². The summed E-state index contributed by atoms with van der Waals surface area (Å²) >= 11 is 0. The lowest BCUT2D eigenvalue weighted by Gasteiger charge is -2.22. The normalized spacial score (nSPS) is 21.2. The molecule has 0 aliphatic heterocycles. The smallest absolute Gasteiger partial charge is 0.0436 e. The van der Waals surface area contributed by atoms with Crippen LogP contribution in [0.1, 0.15) is 67.2 Å². The lowest BCUT2D eigenvalue weighted by molar-refractivity contribution is 0.274. The standard InChI is InChI=1S/C19H30O.C2H6/c1-15(7-5-8-16(2)13-14-20)11-12-19-17(3)9-6-10-18(19)4;1-2/h5,7-8,11-12,16-17,20H,6,9-10,13-14H2,1-4H3;1-2H3/b8-5+,12-11+,15-7-;. The highest BCUT2D eigenvalue weighted by Crippen LogP contribution is 2.30. The molecular weight excluding hydrogens is 268 g/mol. The first-order chi connectivity index (χ1) is 10.5. The van der Waals surface area contributed by atoms with Crippen LogP contribution in [0.25, 0.3) is 0 Å². The summed E-state index contributed by atoms with van der Waals surface area (Å²) in [6.45, 7) is 13.1. The molecule has 0 spiro atoms. The van der Waals surface area contributed by atoms with Gasteiger partial charge in [-0.2, -0.15) is 0 Å². The average molecular weight is 305 g/mol. The molecule has 0 aromatic rings. The Bertz CT molecular complexity index is 410. The fourth-order valence-electron chi connectivity index (χ4n) is 2.67. The van der Waals surface area contributed by atoms with Gasteiger partial charge in [0.1, 0.15) is 0 Å². The van der Waals surface area contributed by atoms with E-state index in [1.165, 1.54) is 30.4 Å². The molecule has 22 heavy (non-hydrogen) atoms. The van der Waals surface area contributed by atoms with E-state index in [2.05, 4.69) is 58.1 Å². The fraction of sp³-hybridized carbons (Fsp3) is 0.619. The summed E-state index contributed by atoms with van der Waals surface area (Å²) in [4.78, 5) is 0. The Morgan fingerprint density at radius 2 is 2.05 bits per heavy atom.